The Balaban J connectivity index is 2.22. The molecule has 0 spiro atoms. The minimum absolute atomic E-state index is 0.0131. The second-order valence-electron chi connectivity index (χ2n) is 7.56. The molecule has 0 aliphatic heterocycles. The van der Waals surface area contributed by atoms with Gasteiger partial charge in [0.05, 0.1) is 6.54 Å². The number of likely N-dealkylation sites (N-methyl/N-ethyl adjacent to an activating group) is 2. The third kappa shape index (κ3) is 5.67. The third-order valence-corrected chi connectivity index (χ3v) is 5.20. The maximum atomic E-state index is 13.2. The van der Waals surface area contributed by atoms with Gasteiger partial charge in [-0.05, 0) is 58.4 Å². The molecule has 2 amide bonds. The van der Waals surface area contributed by atoms with E-state index in [0.717, 1.165) is 22.4 Å². The molecular formula is C24H33N3O2. The highest BCUT2D eigenvalue weighted by atomic mass is 16.2. The van der Waals surface area contributed by atoms with Crippen LogP contribution in [0.25, 0.3) is 0 Å². The van der Waals surface area contributed by atoms with Crippen LogP contribution < -0.4 is 5.32 Å². The van der Waals surface area contributed by atoms with Gasteiger partial charge in [0, 0.05) is 18.8 Å². The van der Waals surface area contributed by atoms with Gasteiger partial charge in [-0.1, -0.05) is 48.0 Å². The van der Waals surface area contributed by atoms with E-state index in [1.807, 2.05) is 76.9 Å². The van der Waals surface area contributed by atoms with Crippen LogP contribution in [0, 0.1) is 20.8 Å². The maximum absolute atomic E-state index is 13.2. The molecule has 0 saturated carbocycles. The topological polar surface area (TPSA) is 52.7 Å². The van der Waals surface area contributed by atoms with E-state index in [4.69, 9.17) is 0 Å². The fourth-order valence-electron chi connectivity index (χ4n) is 3.80. The molecule has 0 bridgehead atoms. The molecular weight excluding hydrogens is 362 g/mol. The first kappa shape index (κ1) is 22.6. The lowest BCUT2D eigenvalue weighted by Crippen LogP contribution is -2.44. The summed E-state index contributed by atoms with van der Waals surface area (Å²) >= 11 is 0. The van der Waals surface area contributed by atoms with Gasteiger partial charge in [-0.2, -0.15) is 0 Å². The van der Waals surface area contributed by atoms with Crippen LogP contribution in [0.5, 0.6) is 0 Å². The van der Waals surface area contributed by atoms with Crippen LogP contribution in [-0.2, 0) is 9.59 Å². The molecule has 0 aliphatic rings. The SMILES string of the molecule is CCN(CC)C(=O)[C@H](c1ccccc1)N(C)CC(=O)Nc1c(C)cc(C)cc1C. The molecule has 0 saturated heterocycles. The fourth-order valence-corrected chi connectivity index (χ4v) is 3.80. The van der Waals surface area contributed by atoms with Crippen LogP contribution in [0.15, 0.2) is 42.5 Å². The lowest BCUT2D eigenvalue weighted by molar-refractivity contribution is -0.137. The van der Waals surface area contributed by atoms with Crippen LogP contribution in [0.4, 0.5) is 5.69 Å². The van der Waals surface area contributed by atoms with E-state index in [9.17, 15) is 9.59 Å². The van der Waals surface area contributed by atoms with Crippen molar-refractivity contribution in [2.24, 2.45) is 0 Å². The number of anilines is 1. The van der Waals surface area contributed by atoms with Gasteiger partial charge in [-0.25, -0.2) is 0 Å². The van der Waals surface area contributed by atoms with Crippen molar-refractivity contribution < 1.29 is 9.59 Å². The summed E-state index contributed by atoms with van der Waals surface area (Å²) < 4.78 is 0. The zero-order valence-electron chi connectivity index (χ0n) is 18.5. The number of hydrogen-bond donors (Lipinski definition) is 1. The molecule has 0 heterocycles. The molecule has 29 heavy (non-hydrogen) atoms. The molecule has 2 rings (SSSR count). The first-order valence-electron chi connectivity index (χ1n) is 10.2. The molecule has 0 aromatic heterocycles. The number of amides is 2. The van der Waals surface area contributed by atoms with Crippen molar-refractivity contribution in [2.45, 2.75) is 40.7 Å². The van der Waals surface area contributed by atoms with Crippen molar-refractivity contribution in [3.63, 3.8) is 0 Å². The van der Waals surface area contributed by atoms with Gasteiger partial charge < -0.3 is 10.2 Å². The van der Waals surface area contributed by atoms with Crippen molar-refractivity contribution in [3.8, 4) is 0 Å². The lowest BCUT2D eigenvalue weighted by Gasteiger charge is -2.31. The summed E-state index contributed by atoms with van der Waals surface area (Å²) in [6.45, 7) is 11.4. The Kier molecular flexibility index (Phi) is 7.97. The monoisotopic (exact) mass is 395 g/mol. The Labute approximate surface area is 174 Å². The van der Waals surface area contributed by atoms with Gasteiger partial charge in [0.25, 0.3) is 0 Å². The lowest BCUT2D eigenvalue weighted by atomic mass is 10.0. The van der Waals surface area contributed by atoms with E-state index in [-0.39, 0.29) is 18.4 Å². The Bertz CT molecular complexity index is 821. The highest BCUT2D eigenvalue weighted by Crippen LogP contribution is 2.24. The predicted molar refractivity (Wildman–Crippen MR) is 119 cm³/mol. The largest absolute Gasteiger partial charge is 0.342 e. The van der Waals surface area contributed by atoms with E-state index in [2.05, 4.69) is 17.4 Å². The van der Waals surface area contributed by atoms with E-state index in [1.54, 1.807) is 4.90 Å². The summed E-state index contributed by atoms with van der Waals surface area (Å²) in [5.41, 5.74) is 4.99. The average molecular weight is 396 g/mol. The number of carbonyl (C=O) groups is 2. The van der Waals surface area contributed by atoms with Crippen molar-refractivity contribution >= 4 is 17.5 Å². The second-order valence-corrected chi connectivity index (χ2v) is 7.56. The van der Waals surface area contributed by atoms with Crippen LogP contribution in [0.2, 0.25) is 0 Å². The number of nitrogens with zero attached hydrogens (tertiary/aromatic N) is 2. The van der Waals surface area contributed by atoms with Gasteiger partial charge in [0.1, 0.15) is 6.04 Å². The van der Waals surface area contributed by atoms with Crippen LogP contribution >= 0.6 is 0 Å². The molecule has 0 fully saturated rings. The highest BCUT2D eigenvalue weighted by Gasteiger charge is 2.29. The van der Waals surface area contributed by atoms with Crippen LogP contribution in [0.3, 0.4) is 0 Å². The second kappa shape index (κ2) is 10.2. The van der Waals surface area contributed by atoms with E-state index in [1.165, 1.54) is 5.56 Å². The molecule has 0 aliphatic carbocycles. The molecule has 1 atom stereocenters. The molecule has 156 valence electrons. The zero-order valence-corrected chi connectivity index (χ0v) is 18.5. The van der Waals surface area contributed by atoms with Gasteiger partial charge >= 0.3 is 0 Å². The summed E-state index contributed by atoms with van der Waals surface area (Å²) in [5.74, 6) is -0.116. The summed E-state index contributed by atoms with van der Waals surface area (Å²) in [6, 6.07) is 13.3. The number of aryl methyl sites for hydroxylation is 3. The van der Waals surface area contributed by atoms with E-state index >= 15 is 0 Å². The van der Waals surface area contributed by atoms with Gasteiger partial charge in [0.2, 0.25) is 11.8 Å². The molecule has 2 aromatic rings. The van der Waals surface area contributed by atoms with Crippen molar-refractivity contribution in [2.75, 3.05) is 32.0 Å². The Morgan fingerprint density at radius 3 is 2.03 bits per heavy atom. The summed E-state index contributed by atoms with van der Waals surface area (Å²) in [6.07, 6.45) is 0. The Morgan fingerprint density at radius 2 is 1.52 bits per heavy atom. The summed E-state index contributed by atoms with van der Waals surface area (Å²) in [5, 5.41) is 3.03. The minimum Gasteiger partial charge on any atom is -0.342 e. The van der Waals surface area contributed by atoms with Gasteiger partial charge in [-0.15, -0.1) is 0 Å². The van der Waals surface area contributed by atoms with Gasteiger partial charge in [-0.3, -0.25) is 14.5 Å². The van der Waals surface area contributed by atoms with Crippen LogP contribution in [-0.4, -0.2) is 48.3 Å². The highest BCUT2D eigenvalue weighted by molar-refractivity contribution is 5.94. The summed E-state index contributed by atoms with van der Waals surface area (Å²) in [7, 11) is 1.83. The molecule has 2 aromatic carbocycles. The van der Waals surface area contributed by atoms with E-state index < -0.39 is 6.04 Å². The molecule has 0 unspecified atom stereocenters. The fraction of sp³-hybridized carbons (Fsp3) is 0.417. The average Bonchev–Trinajstić information content (AvgIpc) is 2.66. The first-order chi connectivity index (χ1) is 13.8. The van der Waals surface area contributed by atoms with Crippen molar-refractivity contribution in [1.29, 1.82) is 0 Å². The first-order valence-corrected chi connectivity index (χ1v) is 10.2. The zero-order chi connectivity index (χ0) is 21.6. The number of benzene rings is 2. The third-order valence-electron chi connectivity index (χ3n) is 5.20. The number of nitrogens with one attached hydrogen (secondary N) is 1. The summed E-state index contributed by atoms with van der Waals surface area (Å²) in [4.78, 5) is 29.6. The Morgan fingerprint density at radius 1 is 0.966 bits per heavy atom. The maximum Gasteiger partial charge on any atom is 0.244 e. The normalized spacial score (nSPS) is 12.0. The molecule has 0 radical (unpaired) electrons. The van der Waals surface area contributed by atoms with E-state index in [0.29, 0.717) is 13.1 Å². The minimum atomic E-state index is -0.498. The predicted octanol–water partition coefficient (Wildman–Crippen LogP) is 4.09. The molecule has 5 nitrogen and oxygen atoms in total. The Hall–Kier alpha value is -2.66. The smallest absolute Gasteiger partial charge is 0.244 e. The number of carbonyl (C=O) groups excluding carboxylic acids is 2. The number of rotatable bonds is 8. The van der Waals surface area contributed by atoms with Crippen molar-refractivity contribution in [3.05, 3.63) is 64.7 Å². The van der Waals surface area contributed by atoms with Crippen molar-refractivity contribution in [1.82, 2.24) is 9.80 Å². The van der Waals surface area contributed by atoms with Crippen LogP contribution in [0.1, 0.15) is 42.1 Å². The quantitative estimate of drug-likeness (QED) is 0.732. The standard InChI is InChI=1S/C24H33N3O2/c1-7-27(8-2)24(29)23(20-12-10-9-11-13-20)26(6)16-21(28)25-22-18(4)14-17(3)15-19(22)5/h9-15,23H,7-8,16H2,1-6H3,(H,25,28)/t23-/m0/s1. The molecule has 5 heteroatoms. The number of hydrogen-bond acceptors (Lipinski definition) is 3. The van der Waals surface area contributed by atoms with Gasteiger partial charge in [0.15, 0.2) is 0 Å². The molecule has 1 N–H and O–H groups in total.